The molecule has 2 rings (SSSR count). The zero-order chi connectivity index (χ0) is 17.1. The highest BCUT2D eigenvalue weighted by atomic mass is 79.9. The smallest absolute Gasteiger partial charge is 0.326 e. The van der Waals surface area contributed by atoms with Gasteiger partial charge in [0, 0.05) is 12.5 Å². The second kappa shape index (κ2) is 7.28. The first-order valence-electron chi connectivity index (χ1n) is 6.26. The third kappa shape index (κ3) is 4.21. The molecule has 23 heavy (non-hydrogen) atoms. The fourth-order valence-electron chi connectivity index (χ4n) is 1.91. The number of amides is 1. The maximum atomic E-state index is 12.4. The number of carbonyl (C=O) groups excluding carboxylic acids is 1. The minimum absolute atomic E-state index is 0.0738. The second-order valence-corrected chi connectivity index (χ2v) is 6.94. The van der Waals surface area contributed by atoms with E-state index in [-0.39, 0.29) is 22.1 Å². The molecule has 0 spiro atoms. The number of rotatable bonds is 6. The summed E-state index contributed by atoms with van der Waals surface area (Å²) in [7, 11) is 0. The molecule has 1 saturated heterocycles. The Morgan fingerprint density at radius 1 is 1.43 bits per heavy atom. The average Bonchev–Trinajstić information content (AvgIpc) is 2.96. The van der Waals surface area contributed by atoms with Gasteiger partial charge in [0.15, 0.2) is 4.67 Å². The second-order valence-electron chi connectivity index (χ2n) is 4.48. The molecule has 2 heterocycles. The van der Waals surface area contributed by atoms with Crippen molar-refractivity contribution in [1.29, 1.82) is 0 Å². The van der Waals surface area contributed by atoms with Gasteiger partial charge in [-0.25, -0.2) is 4.79 Å². The summed E-state index contributed by atoms with van der Waals surface area (Å²) in [5.41, 5.74) is 0. The van der Waals surface area contributed by atoms with Crippen molar-refractivity contribution in [2.45, 2.75) is 18.9 Å². The first-order chi connectivity index (χ1) is 10.8. The fourth-order valence-corrected chi connectivity index (χ4v) is 3.56. The van der Waals surface area contributed by atoms with Crippen molar-refractivity contribution >= 4 is 68.2 Å². The number of halogens is 1. The number of nitrogens with zero attached hydrogens (tertiary/aromatic N) is 1. The van der Waals surface area contributed by atoms with Crippen molar-refractivity contribution in [3.05, 3.63) is 27.5 Å². The van der Waals surface area contributed by atoms with E-state index in [0.29, 0.717) is 10.4 Å². The van der Waals surface area contributed by atoms with E-state index in [2.05, 4.69) is 15.9 Å². The predicted octanol–water partition coefficient (Wildman–Crippen LogP) is 2.56. The Hall–Kier alpha value is -1.65. The largest absolute Gasteiger partial charge is 0.481 e. The number of furan rings is 1. The molecule has 2 N–H and O–H groups in total. The van der Waals surface area contributed by atoms with Gasteiger partial charge < -0.3 is 14.6 Å². The Kier molecular flexibility index (Phi) is 5.60. The Morgan fingerprint density at radius 2 is 2.13 bits per heavy atom. The van der Waals surface area contributed by atoms with Crippen LogP contribution in [0.1, 0.15) is 18.6 Å². The van der Waals surface area contributed by atoms with Crippen molar-refractivity contribution in [1.82, 2.24) is 4.90 Å². The minimum Gasteiger partial charge on any atom is -0.481 e. The van der Waals surface area contributed by atoms with Gasteiger partial charge in [-0.1, -0.05) is 24.0 Å². The number of aliphatic carboxylic acids is 2. The van der Waals surface area contributed by atoms with Crippen molar-refractivity contribution in [2.75, 3.05) is 0 Å². The quantitative estimate of drug-likeness (QED) is 0.534. The molecule has 10 heteroatoms. The van der Waals surface area contributed by atoms with Gasteiger partial charge >= 0.3 is 11.9 Å². The topological polar surface area (TPSA) is 108 Å². The maximum absolute atomic E-state index is 12.4. The molecule has 0 saturated carbocycles. The SMILES string of the molecule is O=C(O)CC[C@@H](C(=O)O)N1C(=O)/C(=C\c2ccc(Br)o2)SC1=S. The highest BCUT2D eigenvalue weighted by Gasteiger charge is 2.40. The summed E-state index contributed by atoms with van der Waals surface area (Å²) in [6, 6.07) is 1.97. The van der Waals surface area contributed by atoms with Crippen LogP contribution in [0.15, 0.2) is 26.1 Å². The molecule has 0 aliphatic carbocycles. The van der Waals surface area contributed by atoms with Crippen molar-refractivity contribution < 1.29 is 29.0 Å². The molecule has 1 fully saturated rings. The van der Waals surface area contributed by atoms with Crippen LogP contribution in [0.4, 0.5) is 0 Å². The molecule has 1 amide bonds. The third-order valence-corrected chi connectivity index (χ3v) is 4.68. The summed E-state index contributed by atoms with van der Waals surface area (Å²) < 4.78 is 5.83. The molecular formula is C13H10BrNO6S2. The monoisotopic (exact) mass is 419 g/mol. The lowest BCUT2D eigenvalue weighted by molar-refractivity contribution is -0.146. The number of carboxylic acids is 2. The van der Waals surface area contributed by atoms with Crippen LogP contribution in [0.2, 0.25) is 0 Å². The van der Waals surface area contributed by atoms with Crippen LogP contribution in [0, 0.1) is 0 Å². The van der Waals surface area contributed by atoms with Gasteiger partial charge in [0.25, 0.3) is 5.91 Å². The molecule has 0 aromatic carbocycles. The maximum Gasteiger partial charge on any atom is 0.326 e. The highest BCUT2D eigenvalue weighted by molar-refractivity contribution is 9.10. The molecule has 0 radical (unpaired) electrons. The lowest BCUT2D eigenvalue weighted by Crippen LogP contribution is -2.44. The lowest BCUT2D eigenvalue weighted by Gasteiger charge is -2.22. The van der Waals surface area contributed by atoms with Crippen molar-refractivity contribution in [3.63, 3.8) is 0 Å². The van der Waals surface area contributed by atoms with Crippen LogP contribution in [0.3, 0.4) is 0 Å². The molecule has 1 atom stereocenters. The van der Waals surface area contributed by atoms with Gasteiger partial charge in [-0.3, -0.25) is 14.5 Å². The van der Waals surface area contributed by atoms with E-state index in [0.717, 1.165) is 16.7 Å². The van der Waals surface area contributed by atoms with Crippen molar-refractivity contribution in [3.8, 4) is 0 Å². The van der Waals surface area contributed by atoms with Gasteiger partial charge in [-0.2, -0.15) is 0 Å². The van der Waals surface area contributed by atoms with Crippen LogP contribution < -0.4 is 0 Å². The summed E-state index contributed by atoms with van der Waals surface area (Å²) >= 11 is 9.16. The van der Waals surface area contributed by atoms with Gasteiger partial charge in [0.1, 0.15) is 16.1 Å². The molecule has 1 aromatic rings. The fraction of sp³-hybridized carbons (Fsp3) is 0.231. The lowest BCUT2D eigenvalue weighted by atomic mass is 10.1. The van der Waals surface area contributed by atoms with E-state index in [1.54, 1.807) is 12.1 Å². The summed E-state index contributed by atoms with van der Waals surface area (Å²) in [6.45, 7) is 0. The van der Waals surface area contributed by atoms with Crippen LogP contribution in [0.25, 0.3) is 6.08 Å². The Bertz CT molecular complexity index is 713. The zero-order valence-corrected chi connectivity index (χ0v) is 14.6. The van der Waals surface area contributed by atoms with Crippen LogP contribution >= 0.6 is 39.9 Å². The van der Waals surface area contributed by atoms with Gasteiger partial charge in [-0.05, 0) is 34.5 Å². The molecule has 7 nitrogen and oxygen atoms in total. The Balaban J connectivity index is 2.24. The van der Waals surface area contributed by atoms with Crippen LogP contribution in [-0.4, -0.2) is 43.3 Å². The van der Waals surface area contributed by atoms with E-state index in [9.17, 15) is 19.5 Å². The van der Waals surface area contributed by atoms with Gasteiger partial charge in [0.2, 0.25) is 0 Å². The number of hydrogen-bond acceptors (Lipinski definition) is 6. The van der Waals surface area contributed by atoms with E-state index in [4.69, 9.17) is 21.7 Å². The van der Waals surface area contributed by atoms with Crippen LogP contribution in [-0.2, 0) is 14.4 Å². The van der Waals surface area contributed by atoms with E-state index < -0.39 is 23.9 Å². The van der Waals surface area contributed by atoms with E-state index in [1.807, 2.05) is 0 Å². The van der Waals surface area contributed by atoms with Crippen molar-refractivity contribution in [2.24, 2.45) is 0 Å². The first kappa shape index (κ1) is 17.7. The standard InChI is InChI=1S/C13H10BrNO6S2/c14-9-3-1-6(21-9)5-8-11(18)15(13(22)23-8)7(12(19)20)2-4-10(16)17/h1,3,5,7H,2,4H2,(H,16,17)(H,19,20)/b8-5+/t7-/m0/s1. The Labute approximate surface area is 148 Å². The summed E-state index contributed by atoms with van der Waals surface area (Å²) in [5.74, 6) is -2.61. The Morgan fingerprint density at radius 3 is 2.65 bits per heavy atom. The molecular weight excluding hydrogens is 410 g/mol. The summed E-state index contributed by atoms with van der Waals surface area (Å²) in [5, 5.41) is 18.0. The van der Waals surface area contributed by atoms with Crippen LogP contribution in [0.5, 0.6) is 0 Å². The van der Waals surface area contributed by atoms with Gasteiger partial charge in [-0.15, -0.1) is 0 Å². The third-order valence-electron chi connectivity index (χ3n) is 2.92. The molecule has 1 aliphatic heterocycles. The summed E-state index contributed by atoms with van der Waals surface area (Å²) in [6.07, 6.45) is 0.856. The zero-order valence-electron chi connectivity index (χ0n) is 11.4. The minimum atomic E-state index is -1.31. The molecule has 0 bridgehead atoms. The number of carboxylic acid groups (broad SMARTS) is 2. The molecule has 122 valence electrons. The number of carbonyl (C=O) groups is 3. The normalized spacial score (nSPS) is 17.8. The number of hydrogen-bond donors (Lipinski definition) is 2. The van der Waals surface area contributed by atoms with Gasteiger partial charge in [0.05, 0.1) is 4.91 Å². The predicted molar refractivity (Wildman–Crippen MR) is 89.7 cm³/mol. The van der Waals surface area contributed by atoms with E-state index in [1.165, 1.54) is 6.08 Å². The summed E-state index contributed by atoms with van der Waals surface area (Å²) in [4.78, 5) is 35.6. The molecule has 1 aromatic heterocycles. The first-order valence-corrected chi connectivity index (χ1v) is 8.28. The molecule has 0 unspecified atom stereocenters. The number of thioether (sulfide) groups is 1. The highest BCUT2D eigenvalue weighted by Crippen LogP contribution is 2.35. The molecule has 1 aliphatic rings. The average molecular weight is 420 g/mol. The van der Waals surface area contributed by atoms with E-state index >= 15 is 0 Å². The number of thiocarbonyl (C=S) groups is 1.